The van der Waals surface area contributed by atoms with Gasteiger partial charge in [0, 0.05) is 12.1 Å². The molecule has 1 heterocycles. The molecule has 1 unspecified atom stereocenters. The molecule has 0 spiro atoms. The molecule has 0 bridgehead atoms. The number of hydrogen-bond acceptors (Lipinski definition) is 4. The molecular formula is C17H20F3NO4. The number of rotatable bonds is 4. The molecule has 0 aromatic heterocycles. The Bertz CT molecular complexity index is 647. The van der Waals surface area contributed by atoms with E-state index in [0.717, 1.165) is 18.6 Å². The lowest BCUT2D eigenvalue weighted by Crippen LogP contribution is -2.58. The number of likely N-dealkylation sites (tertiary alicyclic amines) is 1. The molecule has 0 aliphatic carbocycles. The topological polar surface area (TPSA) is 55.8 Å². The van der Waals surface area contributed by atoms with Crippen LogP contribution in [0.4, 0.5) is 13.2 Å². The largest absolute Gasteiger partial charge is 0.573 e. The maximum absolute atomic E-state index is 12.8. The van der Waals surface area contributed by atoms with E-state index in [1.807, 2.05) is 0 Å². The summed E-state index contributed by atoms with van der Waals surface area (Å²) in [5.74, 6) is -1.51. The monoisotopic (exact) mass is 359 g/mol. The summed E-state index contributed by atoms with van der Waals surface area (Å²) in [7, 11) is 0. The van der Waals surface area contributed by atoms with Crippen molar-refractivity contribution in [2.24, 2.45) is 0 Å². The predicted octanol–water partition coefficient (Wildman–Crippen LogP) is 3.53. The van der Waals surface area contributed by atoms with Crippen molar-refractivity contribution in [3.8, 4) is 5.75 Å². The average molecular weight is 359 g/mol. The lowest BCUT2D eigenvalue weighted by molar-refractivity contribution is -0.274. The molecule has 1 aromatic rings. The van der Waals surface area contributed by atoms with Gasteiger partial charge in [-0.3, -0.25) is 4.79 Å². The third-order valence-corrected chi connectivity index (χ3v) is 4.17. The number of ether oxygens (including phenoxy) is 2. The highest BCUT2D eigenvalue weighted by atomic mass is 19.4. The third kappa shape index (κ3) is 4.43. The molecule has 1 aliphatic heterocycles. The summed E-state index contributed by atoms with van der Waals surface area (Å²) in [4.78, 5) is 26.5. The molecule has 0 radical (unpaired) electrons. The van der Waals surface area contributed by atoms with Gasteiger partial charge < -0.3 is 14.4 Å². The van der Waals surface area contributed by atoms with Crippen LogP contribution in [0.3, 0.4) is 0 Å². The lowest BCUT2D eigenvalue weighted by atomic mass is 9.87. The third-order valence-electron chi connectivity index (χ3n) is 4.17. The van der Waals surface area contributed by atoms with Gasteiger partial charge in [0.2, 0.25) is 0 Å². The first-order chi connectivity index (χ1) is 11.7. The van der Waals surface area contributed by atoms with Crippen LogP contribution in [0.5, 0.6) is 5.75 Å². The van der Waals surface area contributed by atoms with Crippen molar-refractivity contribution in [2.75, 3.05) is 13.2 Å². The van der Waals surface area contributed by atoms with Crippen molar-refractivity contribution in [1.29, 1.82) is 0 Å². The molecule has 1 atom stereocenters. The fourth-order valence-electron chi connectivity index (χ4n) is 2.93. The molecule has 25 heavy (non-hydrogen) atoms. The van der Waals surface area contributed by atoms with Crippen molar-refractivity contribution in [3.63, 3.8) is 0 Å². The minimum atomic E-state index is -4.84. The Morgan fingerprint density at radius 2 is 2.00 bits per heavy atom. The molecular weight excluding hydrogens is 339 g/mol. The zero-order valence-electron chi connectivity index (χ0n) is 14.1. The molecule has 8 heteroatoms. The van der Waals surface area contributed by atoms with Gasteiger partial charge in [0.15, 0.2) is 0 Å². The van der Waals surface area contributed by atoms with E-state index >= 15 is 0 Å². The van der Waals surface area contributed by atoms with E-state index in [1.165, 1.54) is 17.0 Å². The van der Waals surface area contributed by atoms with E-state index in [4.69, 9.17) is 4.74 Å². The van der Waals surface area contributed by atoms with Crippen LogP contribution in [0.2, 0.25) is 0 Å². The van der Waals surface area contributed by atoms with Crippen LogP contribution in [-0.4, -0.2) is 41.8 Å². The van der Waals surface area contributed by atoms with E-state index in [-0.39, 0.29) is 12.2 Å². The second-order valence-corrected chi connectivity index (χ2v) is 5.98. The summed E-state index contributed by atoms with van der Waals surface area (Å²) in [6, 6.07) is 4.84. The standard InChI is InChI=1S/C17H20F3NO4/c1-3-24-15(23)16(2)9-4-5-10-21(16)14(22)12-7-6-8-13(11-12)25-17(18,19)20/h6-8,11H,3-5,9-10H2,1-2H3. The summed E-state index contributed by atoms with van der Waals surface area (Å²) in [6.45, 7) is 3.82. The predicted molar refractivity (Wildman–Crippen MR) is 83.1 cm³/mol. The summed E-state index contributed by atoms with van der Waals surface area (Å²) in [6.07, 6.45) is -2.93. The Balaban J connectivity index is 2.28. The second kappa shape index (κ2) is 7.33. The summed E-state index contributed by atoms with van der Waals surface area (Å²) < 4.78 is 46.0. The Morgan fingerprint density at radius 1 is 1.28 bits per heavy atom. The van der Waals surface area contributed by atoms with Gasteiger partial charge in [-0.05, 0) is 51.3 Å². The number of hydrogen-bond donors (Lipinski definition) is 0. The normalized spacial score (nSPS) is 20.9. The molecule has 1 amide bonds. The van der Waals surface area contributed by atoms with Crippen LogP contribution >= 0.6 is 0 Å². The first kappa shape index (κ1) is 19.1. The maximum atomic E-state index is 12.8. The van der Waals surface area contributed by atoms with E-state index in [2.05, 4.69) is 4.74 Å². The van der Waals surface area contributed by atoms with Crippen LogP contribution < -0.4 is 4.74 Å². The van der Waals surface area contributed by atoms with Crippen molar-refractivity contribution in [1.82, 2.24) is 4.90 Å². The summed E-state index contributed by atoms with van der Waals surface area (Å²) >= 11 is 0. The van der Waals surface area contributed by atoms with Gasteiger partial charge in [-0.1, -0.05) is 6.07 Å². The zero-order valence-corrected chi connectivity index (χ0v) is 14.1. The van der Waals surface area contributed by atoms with Gasteiger partial charge in [-0.25, -0.2) is 4.79 Å². The molecule has 1 aromatic carbocycles. The van der Waals surface area contributed by atoms with Crippen LogP contribution in [0.25, 0.3) is 0 Å². The van der Waals surface area contributed by atoms with E-state index in [9.17, 15) is 22.8 Å². The van der Waals surface area contributed by atoms with E-state index in [1.54, 1.807) is 13.8 Å². The van der Waals surface area contributed by atoms with Crippen LogP contribution in [0, 0.1) is 0 Å². The molecule has 1 fully saturated rings. The molecule has 1 saturated heterocycles. The lowest BCUT2D eigenvalue weighted by Gasteiger charge is -2.42. The molecule has 2 rings (SSSR count). The first-order valence-corrected chi connectivity index (χ1v) is 8.02. The van der Waals surface area contributed by atoms with Crippen molar-refractivity contribution in [3.05, 3.63) is 29.8 Å². The van der Waals surface area contributed by atoms with Crippen molar-refractivity contribution >= 4 is 11.9 Å². The van der Waals surface area contributed by atoms with E-state index in [0.29, 0.717) is 19.4 Å². The maximum Gasteiger partial charge on any atom is 0.573 e. The second-order valence-electron chi connectivity index (χ2n) is 5.98. The number of nitrogens with zero attached hydrogens (tertiary/aromatic N) is 1. The SMILES string of the molecule is CCOC(=O)C1(C)CCCCN1C(=O)c1cccc(OC(F)(F)F)c1. The molecule has 5 nitrogen and oxygen atoms in total. The zero-order chi connectivity index (χ0) is 18.7. The smallest absolute Gasteiger partial charge is 0.464 e. The highest BCUT2D eigenvalue weighted by Gasteiger charge is 2.45. The fraction of sp³-hybridized carbons (Fsp3) is 0.529. The van der Waals surface area contributed by atoms with Gasteiger partial charge in [-0.15, -0.1) is 13.2 Å². The highest BCUT2D eigenvalue weighted by Crippen LogP contribution is 2.32. The number of piperidine rings is 1. The van der Waals surface area contributed by atoms with Gasteiger partial charge in [0.25, 0.3) is 5.91 Å². The van der Waals surface area contributed by atoms with Crippen molar-refractivity contribution < 1.29 is 32.2 Å². The number of carbonyl (C=O) groups excluding carboxylic acids is 2. The van der Waals surface area contributed by atoms with Crippen LogP contribution in [-0.2, 0) is 9.53 Å². The number of amides is 1. The van der Waals surface area contributed by atoms with Crippen LogP contribution in [0.1, 0.15) is 43.5 Å². The highest BCUT2D eigenvalue weighted by molar-refractivity contribution is 5.98. The Labute approximate surface area is 143 Å². The number of benzene rings is 1. The van der Waals surface area contributed by atoms with Crippen molar-refractivity contribution in [2.45, 2.75) is 45.0 Å². The Hall–Kier alpha value is -2.25. The van der Waals surface area contributed by atoms with Gasteiger partial charge in [0.05, 0.1) is 6.61 Å². The number of carbonyl (C=O) groups is 2. The van der Waals surface area contributed by atoms with Gasteiger partial charge >= 0.3 is 12.3 Å². The number of esters is 1. The minimum absolute atomic E-state index is 0.0270. The van der Waals surface area contributed by atoms with Crippen LogP contribution in [0.15, 0.2) is 24.3 Å². The Morgan fingerprint density at radius 3 is 2.64 bits per heavy atom. The average Bonchev–Trinajstić information content (AvgIpc) is 2.53. The van der Waals surface area contributed by atoms with Gasteiger partial charge in [0.1, 0.15) is 11.3 Å². The first-order valence-electron chi connectivity index (χ1n) is 8.02. The van der Waals surface area contributed by atoms with Gasteiger partial charge in [-0.2, -0.15) is 0 Å². The molecule has 1 aliphatic rings. The number of halogens is 3. The minimum Gasteiger partial charge on any atom is -0.464 e. The van der Waals surface area contributed by atoms with E-state index < -0.39 is 29.5 Å². The summed E-state index contributed by atoms with van der Waals surface area (Å²) in [5, 5.41) is 0. The fourth-order valence-corrected chi connectivity index (χ4v) is 2.93. The Kier molecular flexibility index (Phi) is 5.59. The molecule has 0 N–H and O–H groups in total. The number of alkyl halides is 3. The molecule has 138 valence electrons. The quantitative estimate of drug-likeness (QED) is 0.772. The molecule has 0 saturated carbocycles. The summed E-state index contributed by atoms with van der Waals surface area (Å²) in [5.41, 5.74) is -1.11.